The van der Waals surface area contributed by atoms with Crippen LogP contribution in [0.15, 0.2) is 0 Å². The van der Waals surface area contributed by atoms with Crippen molar-refractivity contribution in [2.45, 2.75) is 90.9 Å². The van der Waals surface area contributed by atoms with E-state index in [-0.39, 0.29) is 0 Å². The molecule has 0 spiro atoms. The van der Waals surface area contributed by atoms with Crippen molar-refractivity contribution in [3.63, 3.8) is 0 Å². The van der Waals surface area contributed by atoms with Gasteiger partial charge in [-0.05, 0) is 12.2 Å². The Morgan fingerprint density at radius 1 is 0.722 bits per heavy atom. The molecule has 0 aliphatic carbocycles. The topological polar surface area (TPSA) is 17.1 Å². The van der Waals surface area contributed by atoms with Gasteiger partial charge in [-0.2, -0.15) is 0 Å². The molecule has 0 heterocycles. The molecule has 18 heavy (non-hydrogen) atoms. The maximum atomic E-state index is 11.3. The first kappa shape index (κ1) is 18.0. The number of carbonyl (C=O) groups excluding carboxylic acids is 1. The molecule has 0 aliphatic heterocycles. The minimum atomic E-state index is 0.383. The first-order valence-electron chi connectivity index (χ1n) is 7.96. The van der Waals surface area contributed by atoms with Gasteiger partial charge in [-0.3, -0.25) is 4.79 Å². The Morgan fingerprint density at radius 2 is 1.17 bits per heavy atom. The van der Waals surface area contributed by atoms with Crippen LogP contribution in [0.25, 0.3) is 0 Å². The van der Waals surface area contributed by atoms with E-state index in [4.69, 9.17) is 0 Å². The lowest BCUT2D eigenvalue weighted by Gasteiger charge is -2.02. The standard InChI is InChI=1S/C16H32OS/c1-3-5-6-7-8-9-10-11-12-13-14-15-16(17)18-4-2/h3-15H2,1-2H3. The number of carbonyl (C=O) groups is 1. The van der Waals surface area contributed by atoms with Gasteiger partial charge < -0.3 is 0 Å². The van der Waals surface area contributed by atoms with Gasteiger partial charge in [0, 0.05) is 6.42 Å². The zero-order chi connectivity index (χ0) is 13.5. The van der Waals surface area contributed by atoms with Crippen molar-refractivity contribution in [1.29, 1.82) is 0 Å². The SMILES string of the molecule is CCCCCCCCCCCCCC(=O)SCC. The monoisotopic (exact) mass is 272 g/mol. The molecule has 0 saturated carbocycles. The second-order valence-corrected chi connectivity index (χ2v) is 6.41. The summed E-state index contributed by atoms with van der Waals surface area (Å²) in [6.07, 6.45) is 15.6. The highest BCUT2D eigenvalue weighted by atomic mass is 32.2. The van der Waals surface area contributed by atoms with Crippen LogP contribution in [0.5, 0.6) is 0 Å². The zero-order valence-corrected chi connectivity index (χ0v) is 13.3. The second-order valence-electron chi connectivity index (χ2n) is 5.09. The quantitative estimate of drug-likeness (QED) is 0.384. The van der Waals surface area contributed by atoms with Gasteiger partial charge in [-0.15, -0.1) is 0 Å². The molecule has 0 saturated heterocycles. The fourth-order valence-electron chi connectivity index (χ4n) is 2.17. The van der Waals surface area contributed by atoms with Crippen LogP contribution in [0, 0.1) is 0 Å². The Bertz CT molecular complexity index is 180. The van der Waals surface area contributed by atoms with E-state index in [1.807, 2.05) is 6.92 Å². The summed E-state index contributed by atoms with van der Waals surface area (Å²) in [5, 5.41) is 0.383. The molecule has 0 amide bonds. The zero-order valence-electron chi connectivity index (χ0n) is 12.5. The normalized spacial score (nSPS) is 10.8. The van der Waals surface area contributed by atoms with Gasteiger partial charge >= 0.3 is 0 Å². The molecule has 0 aromatic rings. The third-order valence-corrected chi connectivity index (χ3v) is 4.10. The number of hydrogen-bond acceptors (Lipinski definition) is 2. The molecular weight excluding hydrogens is 240 g/mol. The molecule has 0 aromatic heterocycles. The highest BCUT2D eigenvalue weighted by Crippen LogP contribution is 2.13. The summed E-state index contributed by atoms with van der Waals surface area (Å²) >= 11 is 1.47. The molecule has 2 heteroatoms. The van der Waals surface area contributed by atoms with E-state index in [9.17, 15) is 4.79 Å². The Balaban J connectivity index is 3.01. The van der Waals surface area contributed by atoms with Gasteiger partial charge in [0.1, 0.15) is 0 Å². The van der Waals surface area contributed by atoms with Crippen LogP contribution in [0.1, 0.15) is 90.9 Å². The van der Waals surface area contributed by atoms with Crippen molar-refractivity contribution in [2.75, 3.05) is 5.75 Å². The molecule has 0 aromatic carbocycles. The molecule has 0 N–H and O–H groups in total. The summed E-state index contributed by atoms with van der Waals surface area (Å²) in [7, 11) is 0. The fourth-order valence-corrected chi connectivity index (χ4v) is 2.78. The van der Waals surface area contributed by atoms with Crippen LogP contribution in [-0.4, -0.2) is 10.9 Å². The molecule has 108 valence electrons. The average molecular weight is 272 g/mol. The molecular formula is C16H32OS. The Hall–Kier alpha value is 0.0200. The number of unbranched alkanes of at least 4 members (excludes halogenated alkanes) is 10. The highest BCUT2D eigenvalue weighted by Gasteiger charge is 2.00. The maximum absolute atomic E-state index is 11.3. The van der Waals surface area contributed by atoms with Crippen LogP contribution >= 0.6 is 11.8 Å². The third-order valence-electron chi connectivity index (χ3n) is 3.29. The molecule has 0 atom stereocenters. The van der Waals surface area contributed by atoms with Gasteiger partial charge in [-0.1, -0.05) is 89.8 Å². The van der Waals surface area contributed by atoms with Gasteiger partial charge in [0.05, 0.1) is 0 Å². The van der Waals surface area contributed by atoms with Gasteiger partial charge in [0.2, 0.25) is 0 Å². The summed E-state index contributed by atoms with van der Waals surface area (Å²) in [5.74, 6) is 0.927. The molecule has 0 bridgehead atoms. The van der Waals surface area contributed by atoms with E-state index in [0.717, 1.165) is 18.6 Å². The van der Waals surface area contributed by atoms with Crippen LogP contribution in [0.4, 0.5) is 0 Å². The van der Waals surface area contributed by atoms with Crippen molar-refractivity contribution in [3.05, 3.63) is 0 Å². The summed E-state index contributed by atoms with van der Waals surface area (Å²) in [4.78, 5) is 11.3. The average Bonchev–Trinajstić information content (AvgIpc) is 2.36. The molecule has 0 fully saturated rings. The summed E-state index contributed by atoms with van der Waals surface area (Å²) < 4.78 is 0. The molecule has 0 aliphatic rings. The van der Waals surface area contributed by atoms with Gasteiger partial charge in [-0.25, -0.2) is 0 Å². The van der Waals surface area contributed by atoms with E-state index in [1.54, 1.807) is 0 Å². The Kier molecular flexibility index (Phi) is 15.1. The van der Waals surface area contributed by atoms with E-state index < -0.39 is 0 Å². The number of thioether (sulfide) groups is 1. The first-order chi connectivity index (χ1) is 8.81. The van der Waals surface area contributed by atoms with Crippen molar-refractivity contribution >= 4 is 16.9 Å². The van der Waals surface area contributed by atoms with Crippen molar-refractivity contribution < 1.29 is 4.79 Å². The lowest BCUT2D eigenvalue weighted by Crippen LogP contribution is -1.91. The highest BCUT2D eigenvalue weighted by molar-refractivity contribution is 8.13. The van der Waals surface area contributed by atoms with E-state index >= 15 is 0 Å². The van der Waals surface area contributed by atoms with Crippen LogP contribution in [0.3, 0.4) is 0 Å². The Labute approximate surface area is 118 Å². The molecule has 0 rings (SSSR count). The maximum Gasteiger partial charge on any atom is 0.188 e. The van der Waals surface area contributed by atoms with Crippen molar-refractivity contribution in [2.24, 2.45) is 0 Å². The largest absolute Gasteiger partial charge is 0.287 e. The molecule has 1 nitrogen and oxygen atoms in total. The number of rotatable bonds is 13. The smallest absolute Gasteiger partial charge is 0.188 e. The van der Waals surface area contributed by atoms with E-state index in [2.05, 4.69) is 6.92 Å². The molecule has 0 unspecified atom stereocenters. The predicted octanol–water partition coefficient (Wildman–Crippen LogP) is 5.97. The predicted molar refractivity (Wildman–Crippen MR) is 84.2 cm³/mol. The second kappa shape index (κ2) is 15.1. The van der Waals surface area contributed by atoms with E-state index in [1.165, 1.54) is 76.0 Å². The first-order valence-corrected chi connectivity index (χ1v) is 8.95. The fraction of sp³-hybridized carbons (Fsp3) is 0.938. The molecule has 0 radical (unpaired) electrons. The van der Waals surface area contributed by atoms with Gasteiger partial charge in [0.15, 0.2) is 5.12 Å². The number of hydrogen-bond donors (Lipinski definition) is 0. The summed E-state index contributed by atoms with van der Waals surface area (Å²) in [6, 6.07) is 0. The van der Waals surface area contributed by atoms with Gasteiger partial charge in [0.25, 0.3) is 0 Å². The summed E-state index contributed by atoms with van der Waals surface area (Å²) in [6.45, 7) is 4.31. The lowest BCUT2D eigenvalue weighted by molar-refractivity contribution is -0.111. The van der Waals surface area contributed by atoms with Crippen LogP contribution < -0.4 is 0 Å². The van der Waals surface area contributed by atoms with Crippen molar-refractivity contribution in [3.8, 4) is 0 Å². The lowest BCUT2D eigenvalue weighted by atomic mass is 10.1. The summed E-state index contributed by atoms with van der Waals surface area (Å²) in [5.41, 5.74) is 0. The minimum absolute atomic E-state index is 0.383. The minimum Gasteiger partial charge on any atom is -0.287 e. The Morgan fingerprint density at radius 3 is 1.61 bits per heavy atom. The van der Waals surface area contributed by atoms with Crippen LogP contribution in [0.2, 0.25) is 0 Å². The van der Waals surface area contributed by atoms with E-state index in [0.29, 0.717) is 5.12 Å². The van der Waals surface area contributed by atoms with Crippen molar-refractivity contribution in [1.82, 2.24) is 0 Å². The van der Waals surface area contributed by atoms with Crippen LogP contribution in [-0.2, 0) is 4.79 Å². The third kappa shape index (κ3) is 14.1.